The van der Waals surface area contributed by atoms with Gasteiger partial charge in [0.2, 0.25) is 0 Å². The number of pyridine rings is 1. The molecule has 4 rings (SSSR count). The van der Waals surface area contributed by atoms with Crippen LogP contribution in [0.5, 0.6) is 5.75 Å². The minimum Gasteiger partial charge on any atom is -0.495 e. The van der Waals surface area contributed by atoms with Crippen LogP contribution in [0.3, 0.4) is 0 Å². The van der Waals surface area contributed by atoms with Crippen LogP contribution in [0.15, 0.2) is 42.5 Å². The van der Waals surface area contributed by atoms with E-state index in [0.29, 0.717) is 27.9 Å². The number of aryl methyl sites for hydroxylation is 1. The standard InChI is InChI=1S/C24H23ClN2O4/c1-14-7-9-20-17(11-14)23(16-5-3-4-6-19(16)27-20)24(29)31-13-22(28)26-15-8-10-21(30-2)18(25)12-15/h3-6,8,10,12,14H,7,9,11,13H2,1-2H3,(H,26,28). The van der Waals surface area contributed by atoms with Crippen molar-refractivity contribution in [3.8, 4) is 5.75 Å². The fourth-order valence-electron chi connectivity index (χ4n) is 3.94. The SMILES string of the molecule is COc1ccc(NC(=O)COC(=O)c2c3c(nc4ccccc24)CCC(C)C3)cc1Cl. The van der Waals surface area contributed by atoms with Crippen LogP contribution in [-0.4, -0.2) is 30.6 Å². The van der Waals surface area contributed by atoms with Crippen molar-refractivity contribution in [1.29, 1.82) is 0 Å². The van der Waals surface area contributed by atoms with Crippen molar-refractivity contribution in [3.05, 3.63) is 64.3 Å². The lowest BCUT2D eigenvalue weighted by molar-refractivity contribution is -0.119. The first-order valence-electron chi connectivity index (χ1n) is 10.2. The zero-order chi connectivity index (χ0) is 22.0. The Hall–Kier alpha value is -3.12. The van der Waals surface area contributed by atoms with Gasteiger partial charge >= 0.3 is 5.97 Å². The predicted molar refractivity (Wildman–Crippen MR) is 120 cm³/mol. The highest BCUT2D eigenvalue weighted by atomic mass is 35.5. The highest BCUT2D eigenvalue weighted by Gasteiger charge is 2.26. The molecule has 2 aromatic carbocycles. The molecular formula is C24H23ClN2O4. The first-order chi connectivity index (χ1) is 15.0. The monoisotopic (exact) mass is 438 g/mol. The number of aromatic nitrogens is 1. The minimum atomic E-state index is -0.508. The Morgan fingerprint density at radius 1 is 1.23 bits per heavy atom. The van der Waals surface area contributed by atoms with Crippen molar-refractivity contribution in [1.82, 2.24) is 4.98 Å². The molecule has 1 aliphatic rings. The van der Waals surface area contributed by atoms with Gasteiger partial charge in [0.15, 0.2) is 6.61 Å². The number of benzene rings is 2. The lowest BCUT2D eigenvalue weighted by Crippen LogP contribution is -2.23. The maximum absolute atomic E-state index is 13.1. The van der Waals surface area contributed by atoms with Crippen LogP contribution in [0.1, 0.15) is 35.0 Å². The molecule has 1 atom stereocenters. The number of methoxy groups -OCH3 is 1. The highest BCUT2D eigenvalue weighted by Crippen LogP contribution is 2.32. The predicted octanol–water partition coefficient (Wildman–Crippen LogP) is 4.82. The molecule has 3 aromatic rings. The van der Waals surface area contributed by atoms with Crippen molar-refractivity contribution in [2.24, 2.45) is 5.92 Å². The third-order valence-corrected chi connectivity index (χ3v) is 5.77. The molecule has 31 heavy (non-hydrogen) atoms. The summed E-state index contributed by atoms with van der Waals surface area (Å²) in [6, 6.07) is 12.4. The molecule has 7 heteroatoms. The van der Waals surface area contributed by atoms with Crippen LogP contribution in [0.25, 0.3) is 10.9 Å². The second kappa shape index (κ2) is 8.94. The molecular weight excluding hydrogens is 416 g/mol. The molecule has 0 fully saturated rings. The van der Waals surface area contributed by atoms with Crippen molar-refractivity contribution >= 4 is 40.1 Å². The number of ether oxygens (including phenoxy) is 2. The van der Waals surface area contributed by atoms with Gasteiger partial charge in [-0.3, -0.25) is 9.78 Å². The molecule has 1 aromatic heterocycles. The lowest BCUT2D eigenvalue weighted by atomic mass is 9.84. The van der Waals surface area contributed by atoms with E-state index in [4.69, 9.17) is 26.1 Å². The Kier molecular flexibility index (Phi) is 6.09. The number of anilines is 1. The fourth-order valence-corrected chi connectivity index (χ4v) is 4.20. The maximum atomic E-state index is 13.1. The molecule has 0 saturated carbocycles. The van der Waals surface area contributed by atoms with Crippen molar-refractivity contribution in [3.63, 3.8) is 0 Å². The van der Waals surface area contributed by atoms with Crippen LogP contribution in [0.2, 0.25) is 5.02 Å². The number of halogens is 1. The van der Waals surface area contributed by atoms with E-state index in [-0.39, 0.29) is 0 Å². The van der Waals surface area contributed by atoms with Gasteiger partial charge < -0.3 is 14.8 Å². The number of hydrogen-bond acceptors (Lipinski definition) is 5. The molecule has 0 radical (unpaired) electrons. The Morgan fingerprint density at radius 2 is 2.03 bits per heavy atom. The molecule has 6 nitrogen and oxygen atoms in total. The first-order valence-corrected chi connectivity index (χ1v) is 10.5. The topological polar surface area (TPSA) is 77.5 Å². The Labute approximate surface area is 185 Å². The number of hydrogen-bond donors (Lipinski definition) is 1. The van der Waals surface area contributed by atoms with Gasteiger partial charge in [-0.2, -0.15) is 0 Å². The minimum absolute atomic E-state index is 0.376. The molecule has 1 heterocycles. The molecule has 1 amide bonds. The van der Waals surface area contributed by atoms with E-state index < -0.39 is 18.5 Å². The molecule has 0 saturated heterocycles. The number of amides is 1. The Bertz CT molecular complexity index is 1160. The second-order valence-electron chi connectivity index (χ2n) is 7.75. The van der Waals surface area contributed by atoms with E-state index in [1.165, 1.54) is 7.11 Å². The zero-order valence-corrected chi connectivity index (χ0v) is 18.2. The number of nitrogens with one attached hydrogen (secondary N) is 1. The van der Waals surface area contributed by atoms with Crippen LogP contribution >= 0.6 is 11.6 Å². The lowest BCUT2D eigenvalue weighted by Gasteiger charge is -2.24. The van der Waals surface area contributed by atoms with Crippen LogP contribution in [0, 0.1) is 5.92 Å². The molecule has 1 aliphatic carbocycles. The van der Waals surface area contributed by atoms with Gasteiger partial charge in [0, 0.05) is 16.8 Å². The third-order valence-electron chi connectivity index (χ3n) is 5.48. The zero-order valence-electron chi connectivity index (χ0n) is 17.4. The van der Waals surface area contributed by atoms with Gasteiger partial charge in [-0.1, -0.05) is 36.7 Å². The molecule has 1 unspecified atom stereocenters. The molecule has 1 N–H and O–H groups in total. The van der Waals surface area contributed by atoms with Gasteiger partial charge in [-0.15, -0.1) is 0 Å². The highest BCUT2D eigenvalue weighted by molar-refractivity contribution is 6.32. The summed E-state index contributed by atoms with van der Waals surface area (Å²) in [4.78, 5) is 30.2. The average molecular weight is 439 g/mol. The quantitative estimate of drug-likeness (QED) is 0.578. The van der Waals surface area contributed by atoms with Gasteiger partial charge in [0.25, 0.3) is 5.91 Å². The number of para-hydroxylation sites is 1. The largest absolute Gasteiger partial charge is 0.495 e. The van der Waals surface area contributed by atoms with Crippen molar-refractivity contribution < 1.29 is 19.1 Å². The van der Waals surface area contributed by atoms with Gasteiger partial charge in [-0.05, 0) is 55.0 Å². The summed E-state index contributed by atoms with van der Waals surface area (Å²) < 4.78 is 10.5. The summed E-state index contributed by atoms with van der Waals surface area (Å²) in [6.45, 7) is 1.77. The van der Waals surface area contributed by atoms with Crippen LogP contribution < -0.4 is 10.1 Å². The molecule has 0 spiro atoms. The summed E-state index contributed by atoms with van der Waals surface area (Å²) >= 11 is 6.09. The second-order valence-corrected chi connectivity index (χ2v) is 8.16. The van der Waals surface area contributed by atoms with E-state index in [9.17, 15) is 9.59 Å². The smallest absolute Gasteiger partial charge is 0.339 e. The molecule has 160 valence electrons. The summed E-state index contributed by atoms with van der Waals surface area (Å²) in [5.41, 5.74) is 3.66. The number of carbonyl (C=O) groups is 2. The van der Waals surface area contributed by atoms with Gasteiger partial charge in [0.1, 0.15) is 5.75 Å². The van der Waals surface area contributed by atoms with Crippen molar-refractivity contribution in [2.45, 2.75) is 26.2 Å². The van der Waals surface area contributed by atoms with Crippen LogP contribution in [-0.2, 0) is 22.4 Å². The Balaban J connectivity index is 1.53. The van der Waals surface area contributed by atoms with E-state index in [2.05, 4.69) is 12.2 Å². The summed E-state index contributed by atoms with van der Waals surface area (Å²) in [6.07, 6.45) is 2.65. The van der Waals surface area contributed by atoms with Gasteiger partial charge in [-0.25, -0.2) is 4.79 Å². The number of carbonyl (C=O) groups excluding carboxylic acids is 2. The normalized spacial score (nSPS) is 15.3. The summed E-state index contributed by atoms with van der Waals surface area (Å²) in [5.74, 6) is 0.0156. The molecule has 0 bridgehead atoms. The van der Waals surface area contributed by atoms with E-state index in [1.807, 2.05) is 24.3 Å². The third kappa shape index (κ3) is 4.49. The van der Waals surface area contributed by atoms with Crippen LogP contribution in [0.4, 0.5) is 5.69 Å². The molecule has 0 aliphatic heterocycles. The van der Waals surface area contributed by atoms with Crippen molar-refractivity contribution in [2.75, 3.05) is 19.0 Å². The maximum Gasteiger partial charge on any atom is 0.339 e. The average Bonchev–Trinajstić information content (AvgIpc) is 2.76. The number of fused-ring (bicyclic) bond motifs is 2. The summed E-state index contributed by atoms with van der Waals surface area (Å²) in [5, 5.41) is 3.81. The number of nitrogens with zero attached hydrogens (tertiary/aromatic N) is 1. The van der Waals surface area contributed by atoms with Gasteiger partial charge in [0.05, 0.1) is 23.2 Å². The van der Waals surface area contributed by atoms with E-state index in [0.717, 1.165) is 41.4 Å². The van der Waals surface area contributed by atoms with E-state index in [1.54, 1.807) is 18.2 Å². The Morgan fingerprint density at radius 3 is 2.81 bits per heavy atom. The fraction of sp³-hybridized carbons (Fsp3) is 0.292. The van der Waals surface area contributed by atoms with E-state index >= 15 is 0 Å². The number of esters is 1. The number of rotatable bonds is 5. The summed E-state index contributed by atoms with van der Waals surface area (Å²) in [7, 11) is 1.52. The first kappa shape index (κ1) is 21.1.